The third-order valence-electron chi connectivity index (χ3n) is 7.88. The van der Waals surface area contributed by atoms with Crippen LogP contribution in [0.2, 0.25) is 0 Å². The van der Waals surface area contributed by atoms with Crippen LogP contribution in [0.1, 0.15) is 66.6 Å². The highest BCUT2D eigenvalue weighted by atomic mass is 19.4. The Morgan fingerprint density at radius 3 is 2.64 bits per heavy atom. The maximum atomic E-state index is 15.4. The molecule has 0 spiro atoms. The first kappa shape index (κ1) is 29.7. The van der Waals surface area contributed by atoms with E-state index in [0.29, 0.717) is 25.1 Å². The number of carbonyl (C=O) groups is 2. The highest BCUT2D eigenvalue weighted by molar-refractivity contribution is 5.92. The molecule has 15 heteroatoms. The standard InChI is InChI=1S/C27H31F5N6O4/c1-3-38-19(8-9-33-38)24(39)36-22(14-4-6-16(28)7-5-14)25-34-18-11-15(10-17(29)23(18)42-25)20(13-41-2)37-12-21(27(30,31)32)35-26(37)40/h8-11,14,16,20-22H,3-7,12-13H2,1-2H3,(H,35,40)(H,36,39)/t14?,16?,20-,21+,22+/m1/s1. The Balaban J connectivity index is 1.48. The number of fused-ring (bicyclic) bond motifs is 1. The number of nitrogens with one attached hydrogen (secondary N) is 2. The highest BCUT2D eigenvalue weighted by Crippen LogP contribution is 2.38. The van der Waals surface area contributed by atoms with Crippen molar-refractivity contribution in [3.63, 3.8) is 0 Å². The molecule has 2 N–H and O–H groups in total. The summed E-state index contributed by atoms with van der Waals surface area (Å²) in [4.78, 5) is 31.1. The van der Waals surface area contributed by atoms with Gasteiger partial charge in [0.25, 0.3) is 5.91 Å². The molecule has 1 saturated carbocycles. The van der Waals surface area contributed by atoms with Crippen molar-refractivity contribution in [1.29, 1.82) is 0 Å². The molecule has 0 bridgehead atoms. The number of rotatable bonds is 9. The fourth-order valence-electron chi connectivity index (χ4n) is 5.68. The van der Waals surface area contributed by atoms with Gasteiger partial charge in [0.2, 0.25) is 5.89 Å². The molecule has 0 unspecified atom stereocenters. The molecular formula is C27H31F5N6O4. The van der Waals surface area contributed by atoms with Crippen LogP contribution in [-0.4, -0.2) is 70.3 Å². The summed E-state index contributed by atoms with van der Waals surface area (Å²) in [5.41, 5.74) is 0.283. The number of carbonyl (C=O) groups excluding carboxylic acids is 2. The van der Waals surface area contributed by atoms with Crippen LogP contribution in [0, 0.1) is 11.7 Å². The van der Waals surface area contributed by atoms with E-state index in [0.717, 1.165) is 11.0 Å². The first-order chi connectivity index (χ1) is 20.0. The molecule has 5 rings (SSSR count). The van der Waals surface area contributed by atoms with Crippen molar-refractivity contribution in [2.24, 2.45) is 5.92 Å². The Bertz CT molecular complexity index is 1430. The van der Waals surface area contributed by atoms with Crippen LogP contribution in [0.15, 0.2) is 28.8 Å². The Kier molecular flexibility index (Phi) is 8.39. The third kappa shape index (κ3) is 5.92. The molecule has 3 atom stereocenters. The Hall–Kier alpha value is -3.75. The number of aromatic nitrogens is 3. The molecule has 3 aromatic rings. The van der Waals surface area contributed by atoms with Gasteiger partial charge in [-0.05, 0) is 62.3 Å². The summed E-state index contributed by atoms with van der Waals surface area (Å²) < 4.78 is 81.8. The van der Waals surface area contributed by atoms with Gasteiger partial charge >= 0.3 is 12.2 Å². The maximum Gasteiger partial charge on any atom is 0.410 e. The molecule has 0 radical (unpaired) electrons. The van der Waals surface area contributed by atoms with E-state index in [4.69, 9.17) is 9.15 Å². The van der Waals surface area contributed by atoms with Crippen molar-refractivity contribution in [2.75, 3.05) is 20.3 Å². The van der Waals surface area contributed by atoms with Gasteiger partial charge in [0.1, 0.15) is 29.5 Å². The summed E-state index contributed by atoms with van der Waals surface area (Å²) in [5.74, 6) is -1.54. The topological polar surface area (TPSA) is 115 Å². The van der Waals surface area contributed by atoms with Gasteiger partial charge < -0.3 is 24.7 Å². The van der Waals surface area contributed by atoms with Crippen LogP contribution in [-0.2, 0) is 11.3 Å². The molecule has 10 nitrogen and oxygen atoms in total. The van der Waals surface area contributed by atoms with Crippen molar-refractivity contribution in [1.82, 2.24) is 30.3 Å². The zero-order valence-electron chi connectivity index (χ0n) is 23.0. The SMILES string of the molecule is CCn1nccc1C(=O)N[C@H](c1nc2cc([C@@H](COC)N3C[C@@H](C(F)(F)F)NC3=O)cc(F)c2o1)C1CCC(F)CC1. The number of ether oxygens (including phenoxy) is 1. The first-order valence-electron chi connectivity index (χ1n) is 13.7. The van der Waals surface area contributed by atoms with Crippen molar-refractivity contribution < 1.29 is 40.7 Å². The van der Waals surface area contributed by atoms with Crippen LogP contribution in [0.3, 0.4) is 0 Å². The second-order valence-electron chi connectivity index (χ2n) is 10.6. The van der Waals surface area contributed by atoms with Crippen molar-refractivity contribution in [2.45, 2.75) is 69.6 Å². The number of methoxy groups -OCH3 is 1. The average molecular weight is 599 g/mol. The van der Waals surface area contributed by atoms with Gasteiger partial charge in [0, 0.05) is 19.9 Å². The number of urea groups is 1. The van der Waals surface area contributed by atoms with Crippen LogP contribution in [0.5, 0.6) is 0 Å². The molecular weight excluding hydrogens is 567 g/mol. The predicted octanol–water partition coefficient (Wildman–Crippen LogP) is 4.83. The largest absolute Gasteiger partial charge is 0.435 e. The van der Waals surface area contributed by atoms with Crippen LogP contribution < -0.4 is 10.6 Å². The molecule has 1 aliphatic carbocycles. The van der Waals surface area contributed by atoms with E-state index in [1.807, 2.05) is 12.2 Å². The van der Waals surface area contributed by atoms with Gasteiger partial charge in [-0.2, -0.15) is 18.3 Å². The molecule has 1 aromatic carbocycles. The first-order valence-corrected chi connectivity index (χ1v) is 13.7. The molecule has 228 valence electrons. The van der Waals surface area contributed by atoms with E-state index >= 15 is 4.39 Å². The minimum Gasteiger partial charge on any atom is -0.435 e. The maximum absolute atomic E-state index is 15.4. The lowest BCUT2D eigenvalue weighted by Gasteiger charge is -2.30. The molecule has 1 saturated heterocycles. The van der Waals surface area contributed by atoms with Crippen LogP contribution in [0.4, 0.5) is 26.7 Å². The Labute approximate surface area is 237 Å². The number of halogens is 5. The Morgan fingerprint density at radius 2 is 2.00 bits per heavy atom. The summed E-state index contributed by atoms with van der Waals surface area (Å²) in [6, 6.07) is -0.857. The van der Waals surface area contributed by atoms with Gasteiger partial charge in [-0.3, -0.25) is 9.48 Å². The van der Waals surface area contributed by atoms with Crippen LogP contribution in [0.25, 0.3) is 11.1 Å². The summed E-state index contributed by atoms with van der Waals surface area (Å²) in [6.07, 6.45) is -2.67. The molecule has 1 aliphatic heterocycles. The number of alkyl halides is 4. The van der Waals surface area contributed by atoms with E-state index in [2.05, 4.69) is 15.4 Å². The summed E-state index contributed by atoms with van der Waals surface area (Å²) in [5, 5.41) is 8.93. The van der Waals surface area contributed by atoms with E-state index < -0.39 is 54.8 Å². The lowest BCUT2D eigenvalue weighted by Crippen LogP contribution is -2.40. The molecule has 42 heavy (non-hydrogen) atoms. The summed E-state index contributed by atoms with van der Waals surface area (Å²) >= 11 is 0. The number of hydrogen-bond donors (Lipinski definition) is 2. The monoisotopic (exact) mass is 598 g/mol. The van der Waals surface area contributed by atoms with Crippen molar-refractivity contribution in [3.8, 4) is 0 Å². The average Bonchev–Trinajstić information content (AvgIpc) is 3.69. The van der Waals surface area contributed by atoms with Crippen molar-refractivity contribution >= 4 is 23.0 Å². The van der Waals surface area contributed by atoms with E-state index in [-0.39, 0.29) is 47.9 Å². The number of oxazole rings is 1. The zero-order valence-corrected chi connectivity index (χ0v) is 23.0. The smallest absolute Gasteiger partial charge is 0.410 e. The normalized spacial score (nSPS) is 22.8. The molecule has 2 aromatic heterocycles. The number of nitrogens with zero attached hydrogens (tertiary/aromatic N) is 4. The fourth-order valence-corrected chi connectivity index (χ4v) is 5.68. The quantitative estimate of drug-likeness (QED) is 0.341. The lowest BCUT2D eigenvalue weighted by molar-refractivity contribution is -0.150. The van der Waals surface area contributed by atoms with E-state index in [9.17, 15) is 27.2 Å². The minimum atomic E-state index is -4.66. The minimum absolute atomic E-state index is 0.0126. The predicted molar refractivity (Wildman–Crippen MR) is 139 cm³/mol. The number of amides is 3. The lowest BCUT2D eigenvalue weighted by atomic mass is 9.83. The van der Waals surface area contributed by atoms with Gasteiger partial charge in [0.15, 0.2) is 11.4 Å². The van der Waals surface area contributed by atoms with Gasteiger partial charge in [0.05, 0.1) is 19.2 Å². The Morgan fingerprint density at radius 1 is 1.26 bits per heavy atom. The van der Waals surface area contributed by atoms with Gasteiger partial charge in [-0.25, -0.2) is 18.6 Å². The summed E-state index contributed by atoms with van der Waals surface area (Å²) in [7, 11) is 1.31. The fraction of sp³-hybridized carbons (Fsp3) is 0.556. The van der Waals surface area contributed by atoms with Gasteiger partial charge in [-0.1, -0.05) is 0 Å². The number of benzene rings is 1. The summed E-state index contributed by atoms with van der Waals surface area (Å²) in [6.45, 7) is 1.40. The molecule has 3 heterocycles. The number of aryl methyl sites for hydroxylation is 1. The van der Waals surface area contributed by atoms with Gasteiger partial charge in [-0.15, -0.1) is 0 Å². The van der Waals surface area contributed by atoms with E-state index in [1.165, 1.54) is 24.1 Å². The zero-order chi connectivity index (χ0) is 30.2. The molecule has 2 aliphatic rings. The highest BCUT2D eigenvalue weighted by Gasteiger charge is 2.48. The van der Waals surface area contributed by atoms with Crippen LogP contribution >= 0.6 is 0 Å². The second kappa shape index (κ2) is 11.9. The third-order valence-corrected chi connectivity index (χ3v) is 7.88. The second-order valence-corrected chi connectivity index (χ2v) is 10.6. The van der Waals surface area contributed by atoms with E-state index in [1.54, 1.807) is 6.07 Å². The molecule has 3 amide bonds. The number of hydrogen-bond acceptors (Lipinski definition) is 6. The van der Waals surface area contributed by atoms with Crippen molar-refractivity contribution in [3.05, 3.63) is 47.4 Å². The molecule has 2 fully saturated rings.